The lowest BCUT2D eigenvalue weighted by Gasteiger charge is -2.33. The minimum absolute atomic E-state index is 0.224. The van der Waals surface area contributed by atoms with Gasteiger partial charge in [-0.15, -0.1) is 0 Å². The Kier molecular flexibility index (Phi) is 4.12. The monoisotopic (exact) mass is 234 g/mol. The first-order chi connectivity index (χ1) is 8.25. The van der Waals surface area contributed by atoms with Crippen LogP contribution in [-0.4, -0.2) is 42.2 Å². The van der Waals surface area contributed by atoms with E-state index in [2.05, 4.69) is 22.3 Å². The molecule has 17 heavy (non-hydrogen) atoms. The lowest BCUT2D eigenvalue weighted by atomic mass is 10.0. The second kappa shape index (κ2) is 5.80. The molecule has 0 amide bonds. The first-order valence-corrected chi connectivity index (χ1v) is 5.98. The molecule has 2 N–H and O–H groups in total. The summed E-state index contributed by atoms with van der Waals surface area (Å²) in [6.07, 6.45) is 0.224. The summed E-state index contributed by atoms with van der Waals surface area (Å²) < 4.78 is 0. The SMILES string of the molecule is O=C(O)CCN1CCN[C@H](c2ccccc2)C1. The molecule has 1 aliphatic rings. The fourth-order valence-electron chi connectivity index (χ4n) is 2.18. The van der Waals surface area contributed by atoms with E-state index >= 15 is 0 Å². The molecule has 1 aliphatic heterocycles. The third-order valence-electron chi connectivity index (χ3n) is 3.10. The number of nitrogens with zero attached hydrogens (tertiary/aromatic N) is 1. The Morgan fingerprint density at radius 3 is 2.88 bits per heavy atom. The number of hydrogen-bond acceptors (Lipinski definition) is 3. The predicted molar refractivity (Wildman–Crippen MR) is 65.9 cm³/mol. The van der Waals surface area contributed by atoms with E-state index in [0.29, 0.717) is 12.6 Å². The molecule has 4 nitrogen and oxygen atoms in total. The largest absolute Gasteiger partial charge is 0.481 e. The third kappa shape index (κ3) is 3.54. The van der Waals surface area contributed by atoms with Gasteiger partial charge in [0, 0.05) is 32.2 Å². The summed E-state index contributed by atoms with van der Waals surface area (Å²) in [7, 11) is 0. The zero-order valence-electron chi connectivity index (χ0n) is 9.80. The number of carbonyl (C=O) groups is 1. The molecule has 1 heterocycles. The van der Waals surface area contributed by atoms with Gasteiger partial charge in [-0.25, -0.2) is 0 Å². The Bertz CT molecular complexity index is 367. The maximum atomic E-state index is 10.6. The molecule has 1 aromatic carbocycles. The number of aliphatic carboxylic acids is 1. The molecular weight excluding hydrogens is 216 g/mol. The van der Waals surface area contributed by atoms with Crippen molar-refractivity contribution in [3.05, 3.63) is 35.9 Å². The number of carboxylic acids is 1. The van der Waals surface area contributed by atoms with Crippen LogP contribution in [0.4, 0.5) is 0 Å². The van der Waals surface area contributed by atoms with Crippen molar-refractivity contribution >= 4 is 5.97 Å². The maximum absolute atomic E-state index is 10.6. The van der Waals surface area contributed by atoms with Gasteiger partial charge in [-0.3, -0.25) is 9.69 Å². The Morgan fingerprint density at radius 1 is 1.41 bits per heavy atom. The van der Waals surface area contributed by atoms with Crippen molar-refractivity contribution in [2.24, 2.45) is 0 Å². The number of nitrogens with one attached hydrogen (secondary N) is 1. The van der Waals surface area contributed by atoms with E-state index in [1.807, 2.05) is 18.2 Å². The lowest BCUT2D eigenvalue weighted by Crippen LogP contribution is -2.46. The number of hydrogen-bond donors (Lipinski definition) is 2. The van der Waals surface area contributed by atoms with Gasteiger partial charge in [-0.2, -0.15) is 0 Å². The number of piperazine rings is 1. The molecule has 1 fully saturated rings. The standard InChI is InChI=1S/C13H18N2O2/c16-13(17)6-8-15-9-7-14-12(10-15)11-4-2-1-3-5-11/h1-5,12,14H,6-10H2,(H,16,17)/t12-/m0/s1. The zero-order chi connectivity index (χ0) is 12.1. The van der Waals surface area contributed by atoms with Crippen molar-refractivity contribution in [2.75, 3.05) is 26.2 Å². The summed E-state index contributed by atoms with van der Waals surface area (Å²) in [5, 5.41) is 12.1. The number of carboxylic acid groups (broad SMARTS) is 1. The van der Waals surface area contributed by atoms with Crippen LogP contribution in [0.15, 0.2) is 30.3 Å². The average Bonchev–Trinajstić information content (AvgIpc) is 2.38. The van der Waals surface area contributed by atoms with Crippen molar-refractivity contribution in [3.63, 3.8) is 0 Å². The van der Waals surface area contributed by atoms with Gasteiger partial charge in [-0.1, -0.05) is 30.3 Å². The quantitative estimate of drug-likeness (QED) is 0.819. The van der Waals surface area contributed by atoms with E-state index < -0.39 is 5.97 Å². The fraction of sp³-hybridized carbons (Fsp3) is 0.462. The fourth-order valence-corrected chi connectivity index (χ4v) is 2.18. The topological polar surface area (TPSA) is 52.6 Å². The Morgan fingerprint density at radius 2 is 2.18 bits per heavy atom. The highest BCUT2D eigenvalue weighted by molar-refractivity contribution is 5.66. The molecular formula is C13H18N2O2. The highest BCUT2D eigenvalue weighted by atomic mass is 16.4. The van der Waals surface area contributed by atoms with E-state index in [-0.39, 0.29) is 6.42 Å². The summed E-state index contributed by atoms with van der Waals surface area (Å²) in [4.78, 5) is 12.8. The Balaban J connectivity index is 1.91. The first kappa shape index (κ1) is 12.1. The average molecular weight is 234 g/mol. The van der Waals surface area contributed by atoms with Crippen LogP contribution in [0.5, 0.6) is 0 Å². The maximum Gasteiger partial charge on any atom is 0.304 e. The van der Waals surface area contributed by atoms with Gasteiger partial charge >= 0.3 is 5.97 Å². The summed E-state index contributed by atoms with van der Waals surface area (Å²) >= 11 is 0. The molecule has 0 spiro atoms. The molecule has 1 atom stereocenters. The first-order valence-electron chi connectivity index (χ1n) is 5.98. The molecule has 0 bridgehead atoms. The van der Waals surface area contributed by atoms with Crippen LogP contribution in [0.25, 0.3) is 0 Å². The molecule has 2 rings (SSSR count). The van der Waals surface area contributed by atoms with Crippen molar-refractivity contribution in [3.8, 4) is 0 Å². The van der Waals surface area contributed by atoms with Crippen molar-refractivity contribution in [2.45, 2.75) is 12.5 Å². The normalized spacial score (nSPS) is 21.3. The minimum Gasteiger partial charge on any atom is -0.481 e. The number of rotatable bonds is 4. The molecule has 0 saturated carbocycles. The van der Waals surface area contributed by atoms with Gasteiger partial charge in [0.1, 0.15) is 0 Å². The lowest BCUT2D eigenvalue weighted by molar-refractivity contribution is -0.137. The molecule has 1 aromatic rings. The molecule has 0 aromatic heterocycles. The van der Waals surface area contributed by atoms with E-state index in [1.54, 1.807) is 0 Å². The van der Waals surface area contributed by atoms with E-state index in [4.69, 9.17) is 5.11 Å². The second-order valence-corrected chi connectivity index (χ2v) is 4.36. The Labute approximate surface area is 101 Å². The van der Waals surface area contributed by atoms with E-state index in [1.165, 1.54) is 5.56 Å². The van der Waals surface area contributed by atoms with Crippen molar-refractivity contribution < 1.29 is 9.90 Å². The van der Waals surface area contributed by atoms with Crippen LogP contribution in [0.2, 0.25) is 0 Å². The highest BCUT2D eigenvalue weighted by Gasteiger charge is 2.20. The zero-order valence-corrected chi connectivity index (χ0v) is 9.80. The highest BCUT2D eigenvalue weighted by Crippen LogP contribution is 2.16. The summed E-state index contributed by atoms with van der Waals surface area (Å²) in [5.41, 5.74) is 1.27. The molecule has 4 heteroatoms. The van der Waals surface area contributed by atoms with Crippen LogP contribution >= 0.6 is 0 Å². The van der Waals surface area contributed by atoms with E-state index in [0.717, 1.165) is 19.6 Å². The summed E-state index contributed by atoms with van der Waals surface area (Å²) in [6.45, 7) is 3.37. The molecule has 0 radical (unpaired) electrons. The third-order valence-corrected chi connectivity index (χ3v) is 3.10. The van der Waals surface area contributed by atoms with Gasteiger partial charge in [0.25, 0.3) is 0 Å². The van der Waals surface area contributed by atoms with E-state index in [9.17, 15) is 4.79 Å². The van der Waals surface area contributed by atoms with Crippen LogP contribution < -0.4 is 5.32 Å². The smallest absolute Gasteiger partial charge is 0.304 e. The summed E-state index contributed by atoms with van der Waals surface area (Å²) in [5.74, 6) is -0.722. The predicted octanol–water partition coefficient (Wildman–Crippen LogP) is 1.11. The van der Waals surface area contributed by atoms with Gasteiger partial charge < -0.3 is 10.4 Å². The van der Waals surface area contributed by atoms with Crippen LogP contribution in [-0.2, 0) is 4.79 Å². The van der Waals surface area contributed by atoms with Crippen LogP contribution in [0.1, 0.15) is 18.0 Å². The Hall–Kier alpha value is -1.39. The van der Waals surface area contributed by atoms with Crippen molar-refractivity contribution in [1.29, 1.82) is 0 Å². The molecule has 92 valence electrons. The second-order valence-electron chi connectivity index (χ2n) is 4.36. The summed E-state index contributed by atoms with van der Waals surface area (Å²) in [6, 6.07) is 10.6. The molecule has 0 aliphatic carbocycles. The van der Waals surface area contributed by atoms with Crippen LogP contribution in [0.3, 0.4) is 0 Å². The molecule has 1 saturated heterocycles. The van der Waals surface area contributed by atoms with Gasteiger partial charge in [0.05, 0.1) is 6.42 Å². The number of benzene rings is 1. The molecule has 0 unspecified atom stereocenters. The van der Waals surface area contributed by atoms with Crippen molar-refractivity contribution in [1.82, 2.24) is 10.2 Å². The van der Waals surface area contributed by atoms with Crippen LogP contribution in [0, 0.1) is 0 Å². The van der Waals surface area contributed by atoms with Gasteiger partial charge in [-0.05, 0) is 5.56 Å². The minimum atomic E-state index is -0.722. The van der Waals surface area contributed by atoms with Gasteiger partial charge in [0.15, 0.2) is 0 Å². The van der Waals surface area contributed by atoms with Gasteiger partial charge in [0.2, 0.25) is 0 Å².